The van der Waals surface area contributed by atoms with Crippen LogP contribution in [0.4, 0.5) is 0 Å². The summed E-state index contributed by atoms with van der Waals surface area (Å²) in [5.74, 6) is -0.386. The molecule has 0 radical (unpaired) electrons. The normalized spacial score (nSPS) is 16.1. The van der Waals surface area contributed by atoms with Crippen molar-refractivity contribution in [3.05, 3.63) is 69.6 Å². The van der Waals surface area contributed by atoms with Crippen LogP contribution in [0.3, 0.4) is 0 Å². The molecule has 1 fully saturated rings. The average Bonchev–Trinajstić information content (AvgIpc) is 2.69. The summed E-state index contributed by atoms with van der Waals surface area (Å²) in [5.41, 5.74) is 1.52. The van der Waals surface area contributed by atoms with Crippen molar-refractivity contribution in [2.24, 2.45) is 0 Å². The van der Waals surface area contributed by atoms with Crippen LogP contribution in [-0.4, -0.2) is 35.3 Å². The van der Waals surface area contributed by atoms with Gasteiger partial charge in [0.1, 0.15) is 5.56 Å². The molecule has 0 saturated carbocycles. The quantitative estimate of drug-likeness (QED) is 0.727. The number of aliphatic hydroxyl groups is 1. The van der Waals surface area contributed by atoms with Gasteiger partial charge in [0.2, 0.25) is 0 Å². The van der Waals surface area contributed by atoms with E-state index in [0.29, 0.717) is 12.0 Å². The molecular formula is C21H27N3O3. The van der Waals surface area contributed by atoms with Crippen molar-refractivity contribution < 1.29 is 9.90 Å². The van der Waals surface area contributed by atoms with Crippen molar-refractivity contribution in [1.29, 1.82) is 0 Å². The molecule has 2 aromatic rings. The van der Waals surface area contributed by atoms with Gasteiger partial charge >= 0.3 is 0 Å². The maximum absolute atomic E-state index is 13.0. The molecule has 0 aliphatic carbocycles. The lowest BCUT2D eigenvalue weighted by Gasteiger charge is -2.26. The highest BCUT2D eigenvalue weighted by Gasteiger charge is 2.23. The molecule has 0 spiro atoms. The van der Waals surface area contributed by atoms with E-state index in [1.807, 2.05) is 36.4 Å². The van der Waals surface area contributed by atoms with Crippen LogP contribution in [0.15, 0.2) is 47.4 Å². The van der Waals surface area contributed by atoms with Gasteiger partial charge in [0.15, 0.2) is 0 Å². The van der Waals surface area contributed by atoms with E-state index < -0.39 is 0 Å². The molecule has 1 aliphatic heterocycles. The van der Waals surface area contributed by atoms with Gasteiger partial charge in [-0.25, -0.2) is 0 Å². The molecule has 3 N–H and O–H groups in total. The van der Waals surface area contributed by atoms with Crippen molar-refractivity contribution in [3.63, 3.8) is 0 Å². The zero-order valence-electron chi connectivity index (χ0n) is 15.6. The molecule has 3 rings (SSSR count). The zero-order chi connectivity index (χ0) is 19.2. The fraction of sp³-hybridized carbons (Fsp3) is 0.429. The predicted octanol–water partition coefficient (Wildman–Crippen LogP) is 1.93. The lowest BCUT2D eigenvalue weighted by molar-refractivity contribution is 0.0927. The summed E-state index contributed by atoms with van der Waals surface area (Å²) in [4.78, 5) is 26.0. The van der Waals surface area contributed by atoms with Crippen LogP contribution < -0.4 is 16.2 Å². The van der Waals surface area contributed by atoms with E-state index >= 15 is 0 Å². The SMILES string of the molecule is Cc1ccn(C2CCNCC2)c(=O)c1C(=O)NC(CCO)c1ccccc1. The lowest BCUT2D eigenvalue weighted by atomic mass is 10.0. The van der Waals surface area contributed by atoms with E-state index in [1.165, 1.54) is 0 Å². The Hall–Kier alpha value is -2.44. The Labute approximate surface area is 159 Å². The molecule has 1 saturated heterocycles. The fourth-order valence-corrected chi connectivity index (χ4v) is 3.66. The Kier molecular flexibility index (Phi) is 6.42. The molecule has 0 bridgehead atoms. The number of carbonyl (C=O) groups excluding carboxylic acids is 1. The number of carbonyl (C=O) groups is 1. The Morgan fingerprint density at radius 1 is 1.26 bits per heavy atom. The third-order valence-electron chi connectivity index (χ3n) is 5.18. The number of pyridine rings is 1. The molecular weight excluding hydrogens is 342 g/mol. The summed E-state index contributed by atoms with van der Waals surface area (Å²) in [5, 5.41) is 15.6. The predicted molar refractivity (Wildman–Crippen MR) is 105 cm³/mol. The summed E-state index contributed by atoms with van der Waals surface area (Å²) in [6, 6.07) is 11.1. The molecule has 1 aromatic carbocycles. The highest BCUT2D eigenvalue weighted by Crippen LogP contribution is 2.19. The second-order valence-corrected chi connectivity index (χ2v) is 7.02. The third-order valence-corrected chi connectivity index (χ3v) is 5.18. The first kappa shape index (κ1) is 19.3. The number of hydrogen-bond donors (Lipinski definition) is 3. The van der Waals surface area contributed by atoms with Gasteiger partial charge in [-0.05, 0) is 56.5 Å². The number of hydrogen-bond acceptors (Lipinski definition) is 4. The van der Waals surface area contributed by atoms with Crippen molar-refractivity contribution >= 4 is 5.91 Å². The minimum atomic E-state index is -0.386. The number of piperidine rings is 1. The van der Waals surface area contributed by atoms with Gasteiger partial charge in [-0.1, -0.05) is 30.3 Å². The smallest absolute Gasteiger partial charge is 0.263 e. The number of nitrogens with one attached hydrogen (secondary N) is 2. The van der Waals surface area contributed by atoms with Crippen molar-refractivity contribution in [3.8, 4) is 0 Å². The molecule has 1 amide bonds. The molecule has 6 nitrogen and oxygen atoms in total. The summed E-state index contributed by atoms with van der Waals surface area (Å²) < 4.78 is 1.70. The third kappa shape index (κ3) is 4.46. The standard InChI is InChI=1S/C21H27N3O3/c1-15-9-13-24(17-7-11-22-12-8-17)21(27)19(15)20(26)23-18(10-14-25)16-5-3-2-4-6-16/h2-6,9,13,17-18,22,25H,7-8,10-12,14H2,1H3,(H,23,26). The Balaban J connectivity index is 1.88. The molecule has 1 atom stereocenters. The summed E-state index contributed by atoms with van der Waals surface area (Å²) in [6.45, 7) is 3.48. The molecule has 1 aromatic heterocycles. The van der Waals surface area contributed by atoms with E-state index in [0.717, 1.165) is 31.5 Å². The number of aryl methyl sites for hydroxylation is 1. The summed E-state index contributed by atoms with van der Waals surface area (Å²) in [6.07, 6.45) is 3.94. The number of nitrogens with zero attached hydrogens (tertiary/aromatic N) is 1. The van der Waals surface area contributed by atoms with E-state index in [1.54, 1.807) is 17.7 Å². The Morgan fingerprint density at radius 2 is 1.96 bits per heavy atom. The van der Waals surface area contributed by atoms with Crippen molar-refractivity contribution in [2.75, 3.05) is 19.7 Å². The van der Waals surface area contributed by atoms with Crippen LogP contribution >= 0.6 is 0 Å². The zero-order valence-corrected chi connectivity index (χ0v) is 15.6. The topological polar surface area (TPSA) is 83.4 Å². The first-order valence-corrected chi connectivity index (χ1v) is 9.51. The summed E-state index contributed by atoms with van der Waals surface area (Å²) >= 11 is 0. The number of aliphatic hydroxyl groups excluding tert-OH is 1. The summed E-state index contributed by atoms with van der Waals surface area (Å²) in [7, 11) is 0. The second-order valence-electron chi connectivity index (χ2n) is 7.02. The van der Waals surface area contributed by atoms with Crippen molar-refractivity contribution in [1.82, 2.24) is 15.2 Å². The van der Waals surface area contributed by atoms with Gasteiger partial charge in [0.05, 0.1) is 6.04 Å². The molecule has 144 valence electrons. The van der Waals surface area contributed by atoms with Gasteiger partial charge in [0.25, 0.3) is 11.5 Å². The van der Waals surface area contributed by atoms with Crippen LogP contribution in [0, 0.1) is 6.92 Å². The van der Waals surface area contributed by atoms with E-state index in [-0.39, 0.29) is 35.7 Å². The Bertz CT molecular complexity index is 826. The highest BCUT2D eigenvalue weighted by molar-refractivity contribution is 5.95. The van der Waals surface area contributed by atoms with Gasteiger partial charge in [-0.15, -0.1) is 0 Å². The maximum atomic E-state index is 13.0. The first-order valence-electron chi connectivity index (χ1n) is 9.51. The van der Waals surface area contributed by atoms with Gasteiger partial charge in [-0.2, -0.15) is 0 Å². The van der Waals surface area contributed by atoms with E-state index in [4.69, 9.17) is 0 Å². The largest absolute Gasteiger partial charge is 0.396 e. The number of benzene rings is 1. The highest BCUT2D eigenvalue weighted by atomic mass is 16.3. The van der Waals surface area contributed by atoms with Crippen LogP contribution in [-0.2, 0) is 0 Å². The Morgan fingerprint density at radius 3 is 2.63 bits per heavy atom. The van der Waals surface area contributed by atoms with Crippen LogP contribution in [0.1, 0.15) is 52.8 Å². The molecule has 1 unspecified atom stereocenters. The molecule has 2 heterocycles. The molecule has 27 heavy (non-hydrogen) atoms. The van der Waals surface area contributed by atoms with E-state index in [9.17, 15) is 14.7 Å². The van der Waals surface area contributed by atoms with Crippen LogP contribution in [0.5, 0.6) is 0 Å². The minimum absolute atomic E-state index is 0.0487. The number of rotatable bonds is 6. The molecule has 6 heteroatoms. The number of aromatic nitrogens is 1. The van der Waals surface area contributed by atoms with Gasteiger partial charge in [-0.3, -0.25) is 9.59 Å². The van der Waals surface area contributed by atoms with Crippen molar-refractivity contribution in [2.45, 2.75) is 38.3 Å². The monoisotopic (exact) mass is 369 g/mol. The first-order chi connectivity index (χ1) is 13.1. The number of amides is 1. The van der Waals surface area contributed by atoms with Gasteiger partial charge < -0.3 is 20.3 Å². The van der Waals surface area contributed by atoms with E-state index in [2.05, 4.69) is 10.6 Å². The second kappa shape index (κ2) is 8.97. The molecule has 1 aliphatic rings. The van der Waals surface area contributed by atoms with Crippen LogP contribution in [0.25, 0.3) is 0 Å². The fourth-order valence-electron chi connectivity index (χ4n) is 3.66. The van der Waals surface area contributed by atoms with Crippen LogP contribution in [0.2, 0.25) is 0 Å². The average molecular weight is 369 g/mol. The lowest BCUT2D eigenvalue weighted by Crippen LogP contribution is -2.39. The minimum Gasteiger partial charge on any atom is -0.396 e. The van der Waals surface area contributed by atoms with Gasteiger partial charge in [0, 0.05) is 18.8 Å². The maximum Gasteiger partial charge on any atom is 0.263 e.